The lowest BCUT2D eigenvalue weighted by molar-refractivity contribution is 0.621. The van der Waals surface area contributed by atoms with E-state index < -0.39 is 0 Å². The molecular weight excluding hydrogens is 259 g/mol. The summed E-state index contributed by atoms with van der Waals surface area (Å²) in [6.07, 6.45) is 2.84. The third-order valence-electron chi connectivity index (χ3n) is 3.47. The molecule has 0 nitrogen and oxygen atoms in total. The molecule has 0 bridgehead atoms. The maximum atomic E-state index is 13.6. The highest BCUT2D eigenvalue weighted by atomic mass is 19.1. The van der Waals surface area contributed by atoms with E-state index in [1.54, 1.807) is 6.07 Å². The molecule has 2 aromatic carbocycles. The summed E-state index contributed by atoms with van der Waals surface area (Å²) in [6, 6.07) is 5.55. The van der Waals surface area contributed by atoms with E-state index in [0.717, 1.165) is 33.9 Å². The van der Waals surface area contributed by atoms with Crippen LogP contribution in [0.4, 0.5) is 4.39 Å². The molecule has 0 radical (unpaired) electrons. The van der Waals surface area contributed by atoms with Gasteiger partial charge in [-0.1, -0.05) is 59.4 Å². The van der Waals surface area contributed by atoms with Gasteiger partial charge in [-0.15, -0.1) is 0 Å². The smallest absolute Gasteiger partial charge is 0.126 e. The topological polar surface area (TPSA) is 0 Å². The summed E-state index contributed by atoms with van der Waals surface area (Å²) in [4.78, 5) is 0. The van der Waals surface area contributed by atoms with Crippen molar-refractivity contribution < 1.29 is 4.39 Å². The van der Waals surface area contributed by atoms with E-state index in [9.17, 15) is 4.39 Å². The number of fused-ring (bicyclic) bond motifs is 1. The predicted octanol–water partition coefficient (Wildman–Crippen LogP) is 6.85. The summed E-state index contributed by atoms with van der Waals surface area (Å²) < 4.78 is 13.6. The zero-order valence-corrected chi connectivity index (χ0v) is 14.6. The Morgan fingerprint density at radius 3 is 2.10 bits per heavy atom. The van der Waals surface area contributed by atoms with Crippen LogP contribution in [0.15, 0.2) is 24.8 Å². The van der Waals surface area contributed by atoms with E-state index >= 15 is 0 Å². The molecule has 2 aromatic rings. The number of aryl methyl sites for hydroxylation is 3. The van der Waals surface area contributed by atoms with Gasteiger partial charge in [-0.3, -0.25) is 0 Å². The van der Waals surface area contributed by atoms with Crippen molar-refractivity contribution in [1.29, 1.82) is 0 Å². The van der Waals surface area contributed by atoms with E-state index in [2.05, 4.69) is 19.6 Å². The minimum absolute atomic E-state index is 0.139. The van der Waals surface area contributed by atoms with Gasteiger partial charge in [0.1, 0.15) is 5.82 Å². The fourth-order valence-corrected chi connectivity index (χ4v) is 2.54. The summed E-state index contributed by atoms with van der Waals surface area (Å²) in [5.74, 6) is -0.139. The standard InChI is InChI=1S/C16H17F.2C2H6/c1-5-12-9-13-7-8-15(17)11(4)16(13)10(3)14(12)6-2;2*1-2/h6-9H,2,5H2,1,3-4H3;2*1-2H3. The Morgan fingerprint density at radius 1 is 1.05 bits per heavy atom. The van der Waals surface area contributed by atoms with Crippen molar-refractivity contribution in [2.75, 3.05) is 0 Å². The molecule has 0 atom stereocenters. The van der Waals surface area contributed by atoms with Crippen molar-refractivity contribution >= 4 is 16.8 Å². The molecule has 21 heavy (non-hydrogen) atoms. The largest absolute Gasteiger partial charge is 0.207 e. The van der Waals surface area contributed by atoms with Crippen LogP contribution in [-0.2, 0) is 6.42 Å². The van der Waals surface area contributed by atoms with E-state index in [-0.39, 0.29) is 5.82 Å². The number of hydrogen-bond acceptors (Lipinski definition) is 0. The number of hydrogen-bond donors (Lipinski definition) is 0. The zero-order valence-electron chi connectivity index (χ0n) is 14.6. The van der Waals surface area contributed by atoms with Crippen molar-refractivity contribution in [2.24, 2.45) is 0 Å². The molecule has 0 saturated heterocycles. The van der Waals surface area contributed by atoms with Crippen LogP contribution in [0.3, 0.4) is 0 Å². The SMILES string of the molecule is C=Cc1c(CC)cc2ccc(F)c(C)c2c1C.CC.CC. The first kappa shape index (κ1) is 19.4. The van der Waals surface area contributed by atoms with Crippen molar-refractivity contribution in [3.63, 3.8) is 0 Å². The predicted molar refractivity (Wildman–Crippen MR) is 95.5 cm³/mol. The Labute approximate surface area is 129 Å². The highest BCUT2D eigenvalue weighted by Crippen LogP contribution is 2.30. The van der Waals surface area contributed by atoms with Crippen LogP contribution in [-0.4, -0.2) is 0 Å². The van der Waals surface area contributed by atoms with Gasteiger partial charge in [0.15, 0.2) is 0 Å². The van der Waals surface area contributed by atoms with Crippen LogP contribution < -0.4 is 0 Å². The first-order valence-electron chi connectivity index (χ1n) is 7.93. The molecule has 0 aliphatic carbocycles. The van der Waals surface area contributed by atoms with Gasteiger partial charge >= 0.3 is 0 Å². The molecule has 0 aliphatic heterocycles. The van der Waals surface area contributed by atoms with Gasteiger partial charge in [0, 0.05) is 0 Å². The van der Waals surface area contributed by atoms with Crippen LogP contribution in [0.25, 0.3) is 16.8 Å². The molecule has 0 saturated carbocycles. The second-order valence-electron chi connectivity index (χ2n) is 4.40. The lowest BCUT2D eigenvalue weighted by Crippen LogP contribution is -1.95. The van der Waals surface area contributed by atoms with E-state index in [1.165, 1.54) is 5.56 Å². The van der Waals surface area contributed by atoms with Gasteiger partial charge < -0.3 is 0 Å². The van der Waals surface area contributed by atoms with Gasteiger partial charge in [0.25, 0.3) is 0 Å². The lowest BCUT2D eigenvalue weighted by atomic mass is 9.91. The monoisotopic (exact) mass is 288 g/mol. The summed E-state index contributed by atoms with van der Waals surface area (Å²) in [7, 11) is 0. The third kappa shape index (κ3) is 3.93. The minimum Gasteiger partial charge on any atom is -0.207 e. The van der Waals surface area contributed by atoms with Crippen molar-refractivity contribution in [3.8, 4) is 0 Å². The first-order valence-corrected chi connectivity index (χ1v) is 7.93. The van der Waals surface area contributed by atoms with Crippen LogP contribution in [0.5, 0.6) is 0 Å². The molecule has 0 N–H and O–H groups in total. The van der Waals surface area contributed by atoms with Gasteiger partial charge in [-0.2, -0.15) is 0 Å². The summed E-state index contributed by atoms with van der Waals surface area (Å²) in [5, 5.41) is 2.14. The van der Waals surface area contributed by atoms with Gasteiger partial charge in [0.2, 0.25) is 0 Å². The Morgan fingerprint density at radius 2 is 1.62 bits per heavy atom. The molecule has 0 heterocycles. The fraction of sp³-hybridized carbons (Fsp3) is 0.400. The Balaban J connectivity index is 0.000000921. The minimum atomic E-state index is -0.139. The summed E-state index contributed by atoms with van der Waals surface area (Å²) >= 11 is 0. The van der Waals surface area contributed by atoms with Crippen molar-refractivity contribution in [1.82, 2.24) is 0 Å². The summed E-state index contributed by atoms with van der Waals surface area (Å²) in [6.45, 7) is 17.9. The van der Waals surface area contributed by atoms with Gasteiger partial charge in [0.05, 0.1) is 0 Å². The summed E-state index contributed by atoms with van der Waals surface area (Å²) in [5.41, 5.74) is 4.28. The van der Waals surface area contributed by atoms with Crippen LogP contribution >= 0.6 is 0 Å². The van der Waals surface area contributed by atoms with E-state index in [1.807, 2.05) is 53.7 Å². The van der Waals surface area contributed by atoms with Crippen LogP contribution in [0.1, 0.15) is 56.9 Å². The number of benzene rings is 2. The van der Waals surface area contributed by atoms with Crippen molar-refractivity contribution in [2.45, 2.75) is 54.9 Å². The molecular formula is C20H29F. The highest BCUT2D eigenvalue weighted by Gasteiger charge is 2.11. The number of halogens is 1. The molecule has 0 spiro atoms. The molecule has 2 rings (SSSR count). The Bertz CT molecular complexity index is 595. The average Bonchev–Trinajstić information content (AvgIpc) is 2.54. The molecule has 0 amide bonds. The second kappa shape index (κ2) is 9.33. The average molecular weight is 288 g/mol. The lowest BCUT2D eigenvalue weighted by Gasteiger charge is -2.14. The molecule has 0 aromatic heterocycles. The maximum Gasteiger partial charge on any atom is 0.126 e. The highest BCUT2D eigenvalue weighted by molar-refractivity contribution is 5.92. The van der Waals surface area contributed by atoms with Crippen LogP contribution in [0.2, 0.25) is 0 Å². The fourth-order valence-electron chi connectivity index (χ4n) is 2.54. The third-order valence-corrected chi connectivity index (χ3v) is 3.47. The first-order chi connectivity index (χ1) is 10.1. The molecule has 116 valence electrons. The zero-order chi connectivity index (χ0) is 16.6. The van der Waals surface area contributed by atoms with Gasteiger partial charge in [-0.05, 0) is 59.4 Å². The maximum absolute atomic E-state index is 13.6. The Kier molecular flexibility index (Phi) is 8.61. The number of rotatable bonds is 2. The normalized spacial score (nSPS) is 9.33. The molecule has 0 unspecified atom stereocenters. The van der Waals surface area contributed by atoms with Gasteiger partial charge in [-0.25, -0.2) is 4.39 Å². The second-order valence-corrected chi connectivity index (χ2v) is 4.40. The van der Waals surface area contributed by atoms with E-state index in [0.29, 0.717) is 0 Å². The van der Waals surface area contributed by atoms with E-state index in [4.69, 9.17) is 0 Å². The van der Waals surface area contributed by atoms with Crippen molar-refractivity contribution in [3.05, 3.63) is 52.8 Å². The molecule has 0 aliphatic rings. The van der Waals surface area contributed by atoms with Crippen LogP contribution in [0, 0.1) is 19.7 Å². The molecule has 1 heteroatoms. The quantitative estimate of drug-likeness (QED) is 0.566. The molecule has 0 fully saturated rings. The Hall–Kier alpha value is -1.63.